The van der Waals surface area contributed by atoms with Gasteiger partial charge in [0.2, 0.25) is 5.91 Å². The van der Waals surface area contributed by atoms with E-state index in [4.69, 9.17) is 26.1 Å². The van der Waals surface area contributed by atoms with E-state index in [1.807, 2.05) is 72.5 Å². The Labute approximate surface area is 203 Å². The lowest BCUT2D eigenvalue weighted by Gasteiger charge is -2.18. The quantitative estimate of drug-likeness (QED) is 0.349. The lowest BCUT2D eigenvalue weighted by molar-refractivity contribution is -0.117. The van der Waals surface area contributed by atoms with Crippen LogP contribution < -0.4 is 14.4 Å². The van der Waals surface area contributed by atoms with E-state index < -0.39 is 0 Å². The Balaban J connectivity index is 1.38. The highest BCUT2D eigenvalue weighted by Gasteiger charge is 2.35. The van der Waals surface area contributed by atoms with Gasteiger partial charge in [-0.2, -0.15) is 0 Å². The SMILES string of the molecule is COc1ccc(OCCn2c(C3CC(=O)N(c4ccc(C)c(Cl)c4)C3)nc3ccccc32)cc1. The van der Waals surface area contributed by atoms with Crippen molar-refractivity contribution in [1.29, 1.82) is 0 Å². The summed E-state index contributed by atoms with van der Waals surface area (Å²) in [5.41, 5.74) is 3.78. The van der Waals surface area contributed by atoms with Gasteiger partial charge in [0.15, 0.2) is 0 Å². The first-order valence-corrected chi connectivity index (χ1v) is 11.7. The summed E-state index contributed by atoms with van der Waals surface area (Å²) in [7, 11) is 1.64. The van der Waals surface area contributed by atoms with Crippen LogP contribution in [0.2, 0.25) is 5.02 Å². The third-order valence-electron chi connectivity index (χ3n) is 6.28. The van der Waals surface area contributed by atoms with Gasteiger partial charge < -0.3 is 18.9 Å². The summed E-state index contributed by atoms with van der Waals surface area (Å²) in [6, 6.07) is 21.4. The molecule has 34 heavy (non-hydrogen) atoms. The van der Waals surface area contributed by atoms with Crippen molar-refractivity contribution in [2.45, 2.75) is 25.8 Å². The number of hydrogen-bond acceptors (Lipinski definition) is 4. The molecule has 1 atom stereocenters. The molecule has 174 valence electrons. The number of carbonyl (C=O) groups excluding carboxylic acids is 1. The number of methoxy groups -OCH3 is 1. The van der Waals surface area contributed by atoms with Gasteiger partial charge in [-0.15, -0.1) is 0 Å². The van der Waals surface area contributed by atoms with Gasteiger partial charge >= 0.3 is 0 Å². The third-order valence-corrected chi connectivity index (χ3v) is 6.69. The fourth-order valence-corrected chi connectivity index (χ4v) is 4.62. The molecule has 0 N–H and O–H groups in total. The number of hydrogen-bond donors (Lipinski definition) is 0. The molecular formula is C27H26ClN3O3. The normalized spacial score (nSPS) is 15.8. The average molecular weight is 476 g/mol. The van der Waals surface area contributed by atoms with E-state index in [2.05, 4.69) is 10.6 Å². The summed E-state index contributed by atoms with van der Waals surface area (Å²) in [4.78, 5) is 19.7. The number of halogens is 1. The van der Waals surface area contributed by atoms with Crippen molar-refractivity contribution < 1.29 is 14.3 Å². The standard InChI is InChI=1S/C27H26ClN3O3/c1-18-7-8-20(16-23(18)28)31-17-19(15-26(31)32)27-29-24-5-3-4-6-25(24)30(27)13-14-34-22-11-9-21(33-2)10-12-22/h3-12,16,19H,13-15,17H2,1-2H3. The smallest absolute Gasteiger partial charge is 0.227 e. The third kappa shape index (κ3) is 4.33. The molecule has 0 spiro atoms. The number of ether oxygens (including phenoxy) is 2. The Morgan fingerprint density at radius 2 is 1.82 bits per heavy atom. The molecule has 0 saturated carbocycles. The summed E-state index contributed by atoms with van der Waals surface area (Å²) < 4.78 is 13.4. The number of amides is 1. The molecular weight excluding hydrogens is 450 g/mol. The molecule has 6 nitrogen and oxygen atoms in total. The number of benzene rings is 3. The van der Waals surface area contributed by atoms with Crippen LogP contribution in [0.5, 0.6) is 11.5 Å². The first-order chi connectivity index (χ1) is 16.5. The van der Waals surface area contributed by atoms with Crippen LogP contribution in [0.3, 0.4) is 0 Å². The predicted octanol–water partition coefficient (Wildman–Crippen LogP) is 5.61. The van der Waals surface area contributed by atoms with Gasteiger partial charge in [-0.1, -0.05) is 29.8 Å². The minimum absolute atomic E-state index is 0.0130. The van der Waals surface area contributed by atoms with E-state index in [0.29, 0.717) is 31.1 Å². The highest BCUT2D eigenvalue weighted by Crippen LogP contribution is 2.34. The fourth-order valence-electron chi connectivity index (χ4n) is 4.45. The highest BCUT2D eigenvalue weighted by atomic mass is 35.5. The van der Waals surface area contributed by atoms with E-state index in [-0.39, 0.29) is 11.8 Å². The maximum Gasteiger partial charge on any atom is 0.227 e. The minimum Gasteiger partial charge on any atom is -0.497 e. The summed E-state index contributed by atoms with van der Waals surface area (Å²) in [5, 5.41) is 0.664. The molecule has 1 fully saturated rings. The largest absolute Gasteiger partial charge is 0.497 e. The Kier molecular flexibility index (Phi) is 6.16. The summed E-state index contributed by atoms with van der Waals surface area (Å²) >= 11 is 6.32. The molecule has 1 amide bonds. The van der Waals surface area contributed by atoms with Gasteiger partial charge in [-0.3, -0.25) is 4.79 Å². The van der Waals surface area contributed by atoms with Gasteiger partial charge in [-0.25, -0.2) is 4.98 Å². The van der Waals surface area contributed by atoms with Crippen LogP contribution in [0.15, 0.2) is 66.7 Å². The second-order valence-electron chi connectivity index (χ2n) is 8.47. The van der Waals surface area contributed by atoms with Crippen molar-refractivity contribution in [3.8, 4) is 11.5 Å². The highest BCUT2D eigenvalue weighted by molar-refractivity contribution is 6.31. The molecule has 0 bridgehead atoms. The van der Waals surface area contributed by atoms with Crippen LogP contribution >= 0.6 is 11.6 Å². The van der Waals surface area contributed by atoms with E-state index in [1.54, 1.807) is 7.11 Å². The van der Waals surface area contributed by atoms with E-state index in [9.17, 15) is 4.79 Å². The summed E-state index contributed by atoms with van der Waals surface area (Å²) in [6.45, 7) is 3.64. The van der Waals surface area contributed by atoms with Gasteiger partial charge in [-0.05, 0) is 61.0 Å². The Morgan fingerprint density at radius 1 is 1.06 bits per heavy atom. The zero-order valence-corrected chi connectivity index (χ0v) is 20.0. The van der Waals surface area contributed by atoms with Gasteiger partial charge in [0.05, 0.1) is 24.7 Å². The molecule has 0 radical (unpaired) electrons. The van der Waals surface area contributed by atoms with Crippen LogP contribution in [-0.4, -0.2) is 35.7 Å². The number of aryl methyl sites for hydroxylation is 1. The number of aromatic nitrogens is 2. The molecule has 1 aliphatic rings. The van der Waals surface area contributed by atoms with Crippen molar-refractivity contribution in [2.75, 3.05) is 25.2 Å². The van der Waals surface area contributed by atoms with Crippen LogP contribution in [0.25, 0.3) is 11.0 Å². The topological polar surface area (TPSA) is 56.6 Å². The number of rotatable bonds is 7. The molecule has 7 heteroatoms. The minimum atomic E-state index is -0.0130. The van der Waals surface area contributed by atoms with Crippen molar-refractivity contribution in [1.82, 2.24) is 9.55 Å². The van der Waals surface area contributed by atoms with E-state index >= 15 is 0 Å². The number of carbonyl (C=O) groups is 1. The Morgan fingerprint density at radius 3 is 2.59 bits per heavy atom. The van der Waals surface area contributed by atoms with Gasteiger partial charge in [0, 0.05) is 29.6 Å². The van der Waals surface area contributed by atoms with E-state index in [1.165, 1.54) is 0 Å². The monoisotopic (exact) mass is 475 g/mol. The number of nitrogens with zero attached hydrogens (tertiary/aromatic N) is 3. The fraction of sp³-hybridized carbons (Fsp3) is 0.259. The predicted molar refractivity (Wildman–Crippen MR) is 134 cm³/mol. The maximum atomic E-state index is 12.9. The molecule has 1 aliphatic heterocycles. The number of imidazole rings is 1. The van der Waals surface area contributed by atoms with Crippen molar-refractivity contribution in [3.05, 3.63) is 83.1 Å². The molecule has 1 saturated heterocycles. The molecule has 0 aliphatic carbocycles. The van der Waals surface area contributed by atoms with Crippen LogP contribution in [-0.2, 0) is 11.3 Å². The molecule has 5 rings (SSSR count). The first kappa shape index (κ1) is 22.3. The number of para-hydroxylation sites is 2. The molecule has 1 unspecified atom stereocenters. The zero-order valence-electron chi connectivity index (χ0n) is 19.2. The molecule has 4 aromatic rings. The van der Waals surface area contributed by atoms with Crippen LogP contribution in [0, 0.1) is 6.92 Å². The lowest BCUT2D eigenvalue weighted by Crippen LogP contribution is -2.24. The van der Waals surface area contributed by atoms with Gasteiger partial charge in [0.25, 0.3) is 0 Å². The zero-order chi connectivity index (χ0) is 23.7. The number of anilines is 1. The van der Waals surface area contributed by atoms with Crippen molar-refractivity contribution >= 4 is 34.2 Å². The molecule has 2 heterocycles. The van der Waals surface area contributed by atoms with Crippen molar-refractivity contribution in [2.24, 2.45) is 0 Å². The van der Waals surface area contributed by atoms with E-state index in [0.717, 1.165) is 39.6 Å². The van der Waals surface area contributed by atoms with Crippen LogP contribution in [0.4, 0.5) is 5.69 Å². The molecule has 1 aromatic heterocycles. The summed E-state index contributed by atoms with van der Waals surface area (Å²) in [6.07, 6.45) is 0.411. The lowest BCUT2D eigenvalue weighted by atomic mass is 10.1. The first-order valence-electron chi connectivity index (χ1n) is 11.3. The number of fused-ring (bicyclic) bond motifs is 1. The molecule has 3 aromatic carbocycles. The van der Waals surface area contributed by atoms with Crippen LogP contribution in [0.1, 0.15) is 23.7 Å². The Bertz CT molecular complexity index is 1330. The average Bonchev–Trinajstić information content (AvgIpc) is 3.42. The maximum absolute atomic E-state index is 12.9. The second kappa shape index (κ2) is 9.39. The van der Waals surface area contributed by atoms with Gasteiger partial charge in [0.1, 0.15) is 23.9 Å². The Hall–Kier alpha value is -3.51. The van der Waals surface area contributed by atoms with Crippen molar-refractivity contribution in [3.63, 3.8) is 0 Å². The second-order valence-corrected chi connectivity index (χ2v) is 8.88. The summed E-state index contributed by atoms with van der Waals surface area (Å²) in [5.74, 6) is 2.55.